The zero-order chi connectivity index (χ0) is 13.0. The monoisotopic (exact) mass is 307 g/mol. The summed E-state index contributed by atoms with van der Waals surface area (Å²) < 4.78 is 2.86. The van der Waals surface area contributed by atoms with Crippen LogP contribution in [-0.2, 0) is 6.54 Å². The molecule has 2 heterocycles. The molecule has 0 bridgehead atoms. The fourth-order valence-electron chi connectivity index (χ4n) is 1.72. The highest BCUT2D eigenvalue weighted by Crippen LogP contribution is 2.17. The first-order valence-corrected chi connectivity index (χ1v) is 6.57. The Morgan fingerprint density at radius 1 is 1.44 bits per heavy atom. The molecule has 2 aromatic heterocycles. The van der Waals surface area contributed by atoms with Crippen LogP contribution in [0, 0.1) is 0 Å². The number of aromatic nitrogens is 2. The molecule has 0 saturated carbocycles. The van der Waals surface area contributed by atoms with Gasteiger partial charge in [-0.25, -0.2) is 0 Å². The lowest BCUT2D eigenvalue weighted by atomic mass is 10.3. The fourth-order valence-corrected chi connectivity index (χ4v) is 2.19. The topological polar surface area (TPSA) is 46.9 Å². The van der Waals surface area contributed by atoms with E-state index in [1.54, 1.807) is 24.5 Å². The van der Waals surface area contributed by atoms with E-state index in [0.29, 0.717) is 5.69 Å². The number of hydrogen-bond donors (Lipinski definition) is 1. The van der Waals surface area contributed by atoms with Gasteiger partial charge in [-0.1, -0.05) is 6.92 Å². The number of carbonyl (C=O) groups is 1. The SMILES string of the molecule is CCCn1cc(Br)cc1C(=O)Nc1ccncc1. The minimum Gasteiger partial charge on any atom is -0.342 e. The number of carbonyl (C=O) groups excluding carboxylic acids is 1. The molecule has 0 unspecified atom stereocenters. The average Bonchev–Trinajstić information content (AvgIpc) is 2.72. The van der Waals surface area contributed by atoms with Crippen molar-refractivity contribution < 1.29 is 4.79 Å². The lowest BCUT2D eigenvalue weighted by Crippen LogP contribution is -2.16. The molecule has 0 aliphatic rings. The van der Waals surface area contributed by atoms with Crippen LogP contribution in [0.2, 0.25) is 0 Å². The first kappa shape index (κ1) is 12.8. The fraction of sp³-hybridized carbons (Fsp3) is 0.231. The van der Waals surface area contributed by atoms with Crippen LogP contribution in [0.3, 0.4) is 0 Å². The molecule has 5 heteroatoms. The van der Waals surface area contributed by atoms with Gasteiger partial charge in [0, 0.05) is 35.3 Å². The van der Waals surface area contributed by atoms with E-state index in [0.717, 1.165) is 23.1 Å². The Balaban J connectivity index is 2.18. The summed E-state index contributed by atoms with van der Waals surface area (Å²) in [6, 6.07) is 5.35. The second-order valence-electron chi connectivity index (χ2n) is 3.93. The number of amides is 1. The van der Waals surface area contributed by atoms with Crippen molar-refractivity contribution >= 4 is 27.5 Å². The quantitative estimate of drug-likeness (QED) is 0.942. The molecule has 0 saturated heterocycles. The van der Waals surface area contributed by atoms with Crippen LogP contribution in [0.5, 0.6) is 0 Å². The van der Waals surface area contributed by atoms with Crippen LogP contribution in [-0.4, -0.2) is 15.5 Å². The molecule has 1 amide bonds. The van der Waals surface area contributed by atoms with Crippen molar-refractivity contribution in [2.75, 3.05) is 5.32 Å². The van der Waals surface area contributed by atoms with Crippen molar-refractivity contribution in [2.24, 2.45) is 0 Å². The highest BCUT2D eigenvalue weighted by atomic mass is 79.9. The van der Waals surface area contributed by atoms with E-state index in [1.165, 1.54) is 0 Å². The van der Waals surface area contributed by atoms with Gasteiger partial charge in [0.2, 0.25) is 0 Å². The van der Waals surface area contributed by atoms with Gasteiger partial charge in [0.15, 0.2) is 0 Å². The van der Waals surface area contributed by atoms with Gasteiger partial charge in [0.25, 0.3) is 5.91 Å². The molecule has 2 rings (SSSR count). The third-order valence-electron chi connectivity index (χ3n) is 2.50. The van der Waals surface area contributed by atoms with Gasteiger partial charge in [0.05, 0.1) is 0 Å². The highest BCUT2D eigenvalue weighted by Gasteiger charge is 2.12. The number of rotatable bonds is 4. The van der Waals surface area contributed by atoms with Gasteiger partial charge in [-0.3, -0.25) is 9.78 Å². The molecule has 0 spiro atoms. The Morgan fingerprint density at radius 2 is 2.17 bits per heavy atom. The Morgan fingerprint density at radius 3 is 2.83 bits per heavy atom. The van der Waals surface area contributed by atoms with Crippen LogP contribution in [0.1, 0.15) is 23.8 Å². The summed E-state index contributed by atoms with van der Waals surface area (Å²) in [5.41, 5.74) is 1.40. The summed E-state index contributed by atoms with van der Waals surface area (Å²) in [6.45, 7) is 2.91. The average molecular weight is 308 g/mol. The molecule has 0 fully saturated rings. The van der Waals surface area contributed by atoms with Gasteiger partial charge in [-0.15, -0.1) is 0 Å². The molecule has 0 radical (unpaired) electrons. The normalized spacial score (nSPS) is 10.3. The standard InChI is InChI=1S/C13H14BrN3O/c1-2-7-17-9-10(14)8-12(17)13(18)16-11-3-5-15-6-4-11/h3-6,8-9H,2,7H2,1H3,(H,15,16,18). The van der Waals surface area contributed by atoms with Crippen molar-refractivity contribution in [1.82, 2.24) is 9.55 Å². The zero-order valence-corrected chi connectivity index (χ0v) is 11.6. The number of nitrogens with zero attached hydrogens (tertiary/aromatic N) is 2. The molecule has 94 valence electrons. The van der Waals surface area contributed by atoms with E-state index < -0.39 is 0 Å². The van der Waals surface area contributed by atoms with Crippen molar-refractivity contribution in [2.45, 2.75) is 19.9 Å². The predicted molar refractivity (Wildman–Crippen MR) is 74.6 cm³/mol. The Bertz CT molecular complexity index is 536. The van der Waals surface area contributed by atoms with Gasteiger partial charge in [-0.2, -0.15) is 0 Å². The molecule has 18 heavy (non-hydrogen) atoms. The third kappa shape index (κ3) is 2.98. The summed E-state index contributed by atoms with van der Waals surface area (Å²) in [4.78, 5) is 16.1. The molecule has 1 N–H and O–H groups in total. The molecule has 4 nitrogen and oxygen atoms in total. The van der Waals surface area contributed by atoms with Crippen molar-refractivity contribution in [3.05, 3.63) is 47.0 Å². The molecular weight excluding hydrogens is 294 g/mol. The van der Waals surface area contributed by atoms with Gasteiger partial charge in [-0.05, 0) is 40.5 Å². The number of halogens is 1. The van der Waals surface area contributed by atoms with Gasteiger partial charge in [0.1, 0.15) is 5.69 Å². The molecule has 0 aromatic carbocycles. The predicted octanol–water partition coefficient (Wildman–Crippen LogP) is 3.31. The maximum Gasteiger partial charge on any atom is 0.272 e. The second kappa shape index (κ2) is 5.82. The van der Waals surface area contributed by atoms with Crippen LogP contribution in [0.15, 0.2) is 41.3 Å². The van der Waals surface area contributed by atoms with Crippen molar-refractivity contribution in [3.63, 3.8) is 0 Å². The van der Waals surface area contributed by atoms with E-state index in [4.69, 9.17) is 0 Å². The van der Waals surface area contributed by atoms with Crippen molar-refractivity contribution in [3.8, 4) is 0 Å². The van der Waals surface area contributed by atoms with Crippen LogP contribution in [0.4, 0.5) is 5.69 Å². The van der Waals surface area contributed by atoms with Crippen LogP contribution in [0.25, 0.3) is 0 Å². The lowest BCUT2D eigenvalue weighted by Gasteiger charge is -2.08. The van der Waals surface area contributed by atoms with Crippen LogP contribution < -0.4 is 5.32 Å². The zero-order valence-electron chi connectivity index (χ0n) is 10.1. The Kier molecular flexibility index (Phi) is 4.15. The number of aryl methyl sites for hydroxylation is 1. The number of anilines is 1. The summed E-state index contributed by atoms with van der Waals surface area (Å²) in [5.74, 6) is -0.111. The van der Waals surface area contributed by atoms with Crippen LogP contribution >= 0.6 is 15.9 Å². The minimum absolute atomic E-state index is 0.111. The van der Waals surface area contributed by atoms with Crippen molar-refractivity contribution in [1.29, 1.82) is 0 Å². The largest absolute Gasteiger partial charge is 0.342 e. The smallest absolute Gasteiger partial charge is 0.272 e. The number of pyridine rings is 1. The first-order valence-electron chi connectivity index (χ1n) is 5.77. The Labute approximate surface area is 114 Å². The van der Waals surface area contributed by atoms with E-state index in [-0.39, 0.29) is 5.91 Å². The maximum atomic E-state index is 12.1. The molecule has 0 aliphatic heterocycles. The lowest BCUT2D eigenvalue weighted by molar-refractivity contribution is 0.101. The molecule has 2 aromatic rings. The summed E-state index contributed by atoms with van der Waals surface area (Å²) in [6.07, 6.45) is 6.20. The van der Waals surface area contributed by atoms with E-state index in [9.17, 15) is 4.79 Å². The minimum atomic E-state index is -0.111. The van der Waals surface area contributed by atoms with Gasteiger partial charge < -0.3 is 9.88 Å². The second-order valence-corrected chi connectivity index (χ2v) is 4.84. The summed E-state index contributed by atoms with van der Waals surface area (Å²) in [7, 11) is 0. The third-order valence-corrected chi connectivity index (χ3v) is 2.93. The molecule has 0 atom stereocenters. The number of nitrogens with one attached hydrogen (secondary N) is 1. The molecular formula is C13H14BrN3O. The van der Waals surface area contributed by atoms with E-state index in [1.807, 2.05) is 16.8 Å². The highest BCUT2D eigenvalue weighted by molar-refractivity contribution is 9.10. The maximum absolute atomic E-state index is 12.1. The van der Waals surface area contributed by atoms with E-state index >= 15 is 0 Å². The van der Waals surface area contributed by atoms with E-state index in [2.05, 4.69) is 33.2 Å². The first-order chi connectivity index (χ1) is 8.70. The molecule has 0 aliphatic carbocycles. The summed E-state index contributed by atoms with van der Waals surface area (Å²) in [5, 5.41) is 2.85. The number of hydrogen-bond acceptors (Lipinski definition) is 2. The Hall–Kier alpha value is -1.62. The summed E-state index contributed by atoms with van der Waals surface area (Å²) >= 11 is 3.40. The van der Waals surface area contributed by atoms with Gasteiger partial charge >= 0.3 is 0 Å².